The fraction of sp³-hybridized carbons (Fsp3) is 0.800. The van der Waals surface area contributed by atoms with Gasteiger partial charge in [-0.2, -0.15) is 0 Å². The van der Waals surface area contributed by atoms with Gasteiger partial charge in [0.2, 0.25) is 6.10 Å². The topological polar surface area (TPSA) is 42.8 Å². The molecule has 0 aromatic carbocycles. The summed E-state index contributed by atoms with van der Waals surface area (Å²) >= 11 is 0. The summed E-state index contributed by atoms with van der Waals surface area (Å²) in [6.07, 6.45) is 12.5. The fourth-order valence-corrected chi connectivity index (χ4v) is 3.14. The first kappa shape index (κ1) is 17.1. The molecule has 2 rings (SSSR count). The molecule has 114 valence electrons. The van der Waals surface area contributed by atoms with Crippen LogP contribution < -0.4 is 22.6 Å². The van der Waals surface area contributed by atoms with Crippen molar-refractivity contribution in [1.29, 1.82) is 0 Å². The van der Waals surface area contributed by atoms with E-state index in [1.54, 1.807) is 0 Å². The Balaban J connectivity index is 0.00000200. The molecule has 5 heteroatoms. The number of likely N-dealkylation sites (tertiary alicyclic amines) is 1. The number of terminal acetylenes is 1. The van der Waals surface area contributed by atoms with Gasteiger partial charge in [0.15, 0.2) is 5.54 Å². The lowest BCUT2D eigenvalue weighted by Crippen LogP contribution is -3.28. The zero-order chi connectivity index (χ0) is 13.7. The summed E-state index contributed by atoms with van der Waals surface area (Å²) in [5.74, 6) is 3.03. The summed E-state index contributed by atoms with van der Waals surface area (Å²) < 4.78 is 5.36. The van der Waals surface area contributed by atoms with Crippen molar-refractivity contribution in [3.8, 4) is 12.3 Å². The smallest absolute Gasteiger partial charge is 0.407 e. The highest BCUT2D eigenvalue weighted by Gasteiger charge is 2.48. The molecule has 0 unspecified atom stereocenters. The van der Waals surface area contributed by atoms with E-state index in [9.17, 15) is 4.79 Å². The van der Waals surface area contributed by atoms with Crippen molar-refractivity contribution in [2.75, 3.05) is 19.6 Å². The minimum Gasteiger partial charge on any atom is -1.00 e. The van der Waals surface area contributed by atoms with Crippen LogP contribution in [-0.4, -0.2) is 37.4 Å². The summed E-state index contributed by atoms with van der Waals surface area (Å²) in [5.41, 5.74) is 0.0119. The number of carbonyl (C=O) groups excluding carboxylic acids is 1. The third-order valence-electron chi connectivity index (χ3n) is 4.40. The van der Waals surface area contributed by atoms with Crippen LogP contribution in [0, 0.1) is 12.3 Å². The maximum Gasteiger partial charge on any atom is 0.407 e. The molecule has 0 aromatic rings. The molecule has 2 fully saturated rings. The fourth-order valence-electron chi connectivity index (χ4n) is 3.14. The molecule has 2 aliphatic rings. The first-order valence-electron chi connectivity index (χ1n) is 7.47. The van der Waals surface area contributed by atoms with Gasteiger partial charge in [-0.3, -0.25) is 0 Å². The zero-order valence-electron chi connectivity index (χ0n) is 12.2. The van der Waals surface area contributed by atoms with Crippen LogP contribution in [0.4, 0.5) is 4.79 Å². The molecule has 0 radical (unpaired) electrons. The second-order valence-corrected chi connectivity index (χ2v) is 5.75. The second-order valence-electron chi connectivity index (χ2n) is 5.75. The number of hydrogen-bond donors (Lipinski definition) is 2. The predicted octanol–water partition coefficient (Wildman–Crippen LogP) is -2.27. The largest absolute Gasteiger partial charge is 1.00 e. The average molecular weight is 301 g/mol. The van der Waals surface area contributed by atoms with Crippen molar-refractivity contribution < 1.29 is 26.8 Å². The Labute approximate surface area is 128 Å². The molecular formula is C15H25ClN2O2. The van der Waals surface area contributed by atoms with E-state index in [2.05, 4.69) is 11.2 Å². The van der Waals surface area contributed by atoms with Crippen molar-refractivity contribution in [3.63, 3.8) is 0 Å². The van der Waals surface area contributed by atoms with Gasteiger partial charge in [-0.05, 0) is 25.2 Å². The van der Waals surface area contributed by atoms with Crippen molar-refractivity contribution >= 4 is 6.09 Å². The van der Waals surface area contributed by atoms with Crippen LogP contribution in [0.2, 0.25) is 0 Å². The molecule has 1 aliphatic carbocycles. The van der Waals surface area contributed by atoms with E-state index < -0.39 is 0 Å². The van der Waals surface area contributed by atoms with E-state index in [1.165, 1.54) is 24.2 Å². The normalized spacial score (nSPS) is 27.4. The zero-order valence-corrected chi connectivity index (χ0v) is 13.0. The first-order chi connectivity index (χ1) is 9.20. The van der Waals surface area contributed by atoms with Gasteiger partial charge < -0.3 is 27.4 Å². The molecular weight excluding hydrogens is 276 g/mol. The molecule has 0 spiro atoms. The van der Waals surface area contributed by atoms with Gasteiger partial charge in [-0.25, -0.2) is 4.79 Å². The number of nitrogens with one attached hydrogen (secondary N) is 2. The average Bonchev–Trinajstić information content (AvgIpc) is 2.40. The van der Waals surface area contributed by atoms with Crippen LogP contribution in [0.25, 0.3) is 0 Å². The summed E-state index contributed by atoms with van der Waals surface area (Å²) in [4.78, 5) is 12.9. The maximum absolute atomic E-state index is 11.5. The third-order valence-corrected chi connectivity index (χ3v) is 4.40. The number of halogens is 1. The van der Waals surface area contributed by atoms with Gasteiger partial charge in [0.1, 0.15) is 13.1 Å². The molecule has 1 saturated heterocycles. The molecule has 0 bridgehead atoms. The Morgan fingerprint density at radius 3 is 2.60 bits per heavy atom. The molecule has 1 amide bonds. The number of amides is 1. The summed E-state index contributed by atoms with van der Waals surface area (Å²) in [6.45, 7) is 4.43. The highest BCUT2D eigenvalue weighted by Crippen LogP contribution is 2.26. The molecule has 0 aromatic heterocycles. The van der Waals surface area contributed by atoms with Crippen molar-refractivity contribution in [3.05, 3.63) is 0 Å². The lowest BCUT2D eigenvalue weighted by atomic mass is 9.79. The Bertz CT molecular complexity index is 355. The van der Waals surface area contributed by atoms with Gasteiger partial charge >= 0.3 is 6.09 Å². The van der Waals surface area contributed by atoms with E-state index >= 15 is 0 Å². The van der Waals surface area contributed by atoms with Gasteiger partial charge in [0.25, 0.3) is 0 Å². The van der Waals surface area contributed by atoms with Crippen LogP contribution >= 0.6 is 0 Å². The number of alkyl carbamates (subject to hydrolysis) is 1. The molecule has 2 N–H and O–H groups in total. The molecule has 1 aliphatic heterocycles. The highest BCUT2D eigenvalue weighted by molar-refractivity contribution is 5.67. The Hall–Kier alpha value is -0.920. The second kappa shape index (κ2) is 7.75. The monoisotopic (exact) mass is 300 g/mol. The summed E-state index contributed by atoms with van der Waals surface area (Å²) in [7, 11) is 0. The van der Waals surface area contributed by atoms with Gasteiger partial charge in [-0.15, -0.1) is 6.42 Å². The van der Waals surface area contributed by atoms with Gasteiger partial charge in [-0.1, -0.05) is 13.3 Å². The SMILES string of the molecule is C#CC1([NH+]2CC(OC(=O)NCCC)C2)CCCCC1.[Cl-]. The third kappa shape index (κ3) is 3.80. The van der Waals surface area contributed by atoms with Crippen LogP contribution in [0.3, 0.4) is 0 Å². The number of carbonyl (C=O) groups is 1. The molecule has 0 atom stereocenters. The number of quaternary nitrogens is 1. The molecule has 4 nitrogen and oxygen atoms in total. The lowest BCUT2D eigenvalue weighted by molar-refractivity contribution is -0.989. The quantitative estimate of drug-likeness (QED) is 0.575. The predicted molar refractivity (Wildman–Crippen MR) is 73.9 cm³/mol. The highest BCUT2D eigenvalue weighted by atomic mass is 35.5. The van der Waals surface area contributed by atoms with Crippen molar-refractivity contribution in [2.24, 2.45) is 0 Å². The molecule has 20 heavy (non-hydrogen) atoms. The molecule has 1 heterocycles. The summed E-state index contributed by atoms with van der Waals surface area (Å²) in [5, 5.41) is 2.74. The van der Waals surface area contributed by atoms with E-state index in [0.29, 0.717) is 6.54 Å². The standard InChI is InChI=1S/C15H24N2O2.ClH/c1-3-10-16-14(18)19-13-11-17(12-13)15(4-2)8-6-5-7-9-15;/h2,13H,3,5-12H2,1H3,(H,16,18);1H. The first-order valence-corrected chi connectivity index (χ1v) is 7.47. The maximum atomic E-state index is 11.5. The minimum absolute atomic E-state index is 0. The van der Waals surface area contributed by atoms with E-state index in [0.717, 1.165) is 32.4 Å². The summed E-state index contributed by atoms with van der Waals surface area (Å²) in [6, 6.07) is 0. The Kier molecular flexibility index (Phi) is 6.64. The van der Waals surface area contributed by atoms with Crippen molar-refractivity contribution in [1.82, 2.24) is 5.32 Å². The number of ether oxygens (including phenoxy) is 1. The van der Waals surface area contributed by atoms with Gasteiger partial charge in [0, 0.05) is 19.4 Å². The Morgan fingerprint density at radius 2 is 2.05 bits per heavy atom. The van der Waals surface area contributed by atoms with Crippen molar-refractivity contribution in [2.45, 2.75) is 57.1 Å². The number of hydrogen-bond acceptors (Lipinski definition) is 2. The minimum atomic E-state index is -0.288. The lowest BCUT2D eigenvalue weighted by Gasteiger charge is -2.47. The van der Waals surface area contributed by atoms with E-state index in [4.69, 9.17) is 11.2 Å². The number of rotatable bonds is 4. The van der Waals surface area contributed by atoms with E-state index in [-0.39, 0.29) is 30.1 Å². The van der Waals surface area contributed by atoms with Crippen LogP contribution in [0.15, 0.2) is 0 Å². The molecule has 1 saturated carbocycles. The van der Waals surface area contributed by atoms with Crippen LogP contribution in [0.1, 0.15) is 45.4 Å². The van der Waals surface area contributed by atoms with Crippen LogP contribution in [0.5, 0.6) is 0 Å². The van der Waals surface area contributed by atoms with E-state index in [1.807, 2.05) is 6.92 Å². The van der Waals surface area contributed by atoms with Crippen LogP contribution in [-0.2, 0) is 4.74 Å². The Morgan fingerprint density at radius 1 is 1.40 bits per heavy atom. The van der Waals surface area contributed by atoms with Gasteiger partial charge in [0.05, 0.1) is 0 Å².